The lowest BCUT2D eigenvalue weighted by molar-refractivity contribution is -0.137. The smallest absolute Gasteiger partial charge is 0.345 e. The Kier molecular flexibility index (Phi) is 9.62. The molecule has 5 rings (SSSR count). The zero-order valence-corrected chi connectivity index (χ0v) is 24.1. The Hall–Kier alpha value is -3.65. The first-order chi connectivity index (χ1) is 20.3. The number of alkyl halides is 3. The molecule has 1 aromatic heterocycles. The van der Waals surface area contributed by atoms with Gasteiger partial charge in [0, 0.05) is 49.5 Å². The van der Waals surface area contributed by atoms with E-state index in [1.54, 1.807) is 18.5 Å². The van der Waals surface area contributed by atoms with E-state index in [1.165, 1.54) is 31.1 Å². The zero-order chi connectivity index (χ0) is 29.5. The number of halogens is 3. The highest BCUT2D eigenvalue weighted by atomic mass is 19.4. The third-order valence-electron chi connectivity index (χ3n) is 8.78. The van der Waals surface area contributed by atoms with E-state index in [2.05, 4.69) is 39.5 Å². The number of carbonyl (C=O) groups is 1. The summed E-state index contributed by atoms with van der Waals surface area (Å²) in [5.74, 6) is 0.770. The maximum Gasteiger partial charge on any atom is 0.416 e. The molecule has 1 N–H and O–H groups in total. The number of anilines is 2. The van der Waals surface area contributed by atoms with Gasteiger partial charge in [0.25, 0.3) is 0 Å². The summed E-state index contributed by atoms with van der Waals surface area (Å²) in [6, 6.07) is 17.3. The van der Waals surface area contributed by atoms with Gasteiger partial charge in [0.2, 0.25) is 5.91 Å². The van der Waals surface area contributed by atoms with Gasteiger partial charge in [0.15, 0.2) is 0 Å². The van der Waals surface area contributed by atoms with Gasteiger partial charge in [-0.15, -0.1) is 0 Å². The minimum absolute atomic E-state index is 0.0942. The third kappa shape index (κ3) is 7.40. The van der Waals surface area contributed by atoms with Crippen LogP contribution in [-0.2, 0) is 17.5 Å². The molecule has 5 nitrogen and oxygen atoms in total. The first kappa shape index (κ1) is 29.8. The largest absolute Gasteiger partial charge is 0.416 e. The molecule has 0 bridgehead atoms. The predicted molar refractivity (Wildman–Crippen MR) is 161 cm³/mol. The number of hydrogen-bond acceptors (Lipinski definition) is 4. The lowest BCUT2D eigenvalue weighted by Crippen LogP contribution is -2.50. The molecule has 2 aliphatic rings. The molecule has 222 valence electrons. The van der Waals surface area contributed by atoms with Crippen molar-refractivity contribution in [2.45, 2.75) is 57.3 Å². The maximum absolute atomic E-state index is 14.0. The number of amides is 1. The Morgan fingerprint density at radius 3 is 2.12 bits per heavy atom. The number of piperidine rings is 1. The fourth-order valence-electron chi connectivity index (χ4n) is 6.49. The fraction of sp³-hybridized carbons (Fsp3) is 0.412. The van der Waals surface area contributed by atoms with E-state index in [0.717, 1.165) is 67.8 Å². The minimum Gasteiger partial charge on any atom is -0.345 e. The Labute approximate surface area is 246 Å². The number of benzene rings is 2. The highest BCUT2D eigenvalue weighted by Crippen LogP contribution is 2.38. The number of pyridine rings is 1. The van der Waals surface area contributed by atoms with Gasteiger partial charge in [-0.2, -0.15) is 13.2 Å². The third-order valence-corrected chi connectivity index (χ3v) is 8.78. The van der Waals surface area contributed by atoms with Crippen LogP contribution in [0.2, 0.25) is 0 Å². The van der Waals surface area contributed by atoms with Crippen LogP contribution < -0.4 is 10.2 Å². The minimum atomic E-state index is -4.39. The quantitative estimate of drug-likeness (QED) is 0.269. The Bertz CT molecular complexity index is 1310. The summed E-state index contributed by atoms with van der Waals surface area (Å²) >= 11 is 0. The van der Waals surface area contributed by atoms with Crippen LogP contribution in [0.15, 0.2) is 79.1 Å². The monoisotopic (exact) mass is 576 g/mol. The van der Waals surface area contributed by atoms with Gasteiger partial charge in [-0.05, 0) is 104 Å². The van der Waals surface area contributed by atoms with Crippen molar-refractivity contribution >= 4 is 23.4 Å². The highest BCUT2D eigenvalue weighted by Gasteiger charge is 2.38. The molecule has 1 atom stereocenters. The van der Waals surface area contributed by atoms with E-state index in [-0.39, 0.29) is 11.9 Å². The average molecular weight is 577 g/mol. The van der Waals surface area contributed by atoms with Crippen LogP contribution in [0, 0.1) is 11.8 Å². The molecule has 2 aromatic carbocycles. The molecule has 8 heteroatoms. The van der Waals surface area contributed by atoms with Crippen molar-refractivity contribution < 1.29 is 18.0 Å². The van der Waals surface area contributed by atoms with E-state index in [4.69, 9.17) is 0 Å². The standard InChI is InChI=1S/C34H39F3N4O/c1-40(31-18-22-39-23-19-31)30-13-8-26(9-14-30)24-41(33(27-4-2-3-5-27)28-16-20-38-21-17-28)32(42)15-10-25-6-11-29(12-7-25)34(35,36)37/h6-15,18-19,22-23,27-28,33,38H,2-5,16-17,20-21,24H2,1H3. The van der Waals surface area contributed by atoms with Gasteiger partial charge in [-0.3, -0.25) is 9.78 Å². The molecule has 1 unspecified atom stereocenters. The summed E-state index contributed by atoms with van der Waals surface area (Å²) in [4.78, 5) is 22.2. The molecule has 1 saturated heterocycles. The van der Waals surface area contributed by atoms with Crippen molar-refractivity contribution in [1.29, 1.82) is 0 Å². The molecule has 2 fully saturated rings. The normalized spacial score (nSPS) is 17.4. The first-order valence-corrected chi connectivity index (χ1v) is 14.9. The molecular weight excluding hydrogens is 537 g/mol. The summed E-state index contributed by atoms with van der Waals surface area (Å²) in [6.07, 6.45) is 9.00. The Morgan fingerprint density at radius 2 is 1.50 bits per heavy atom. The van der Waals surface area contributed by atoms with Crippen LogP contribution in [0.25, 0.3) is 6.08 Å². The van der Waals surface area contributed by atoms with Crippen molar-refractivity contribution in [2.24, 2.45) is 11.8 Å². The average Bonchev–Trinajstić information content (AvgIpc) is 3.55. The second kappa shape index (κ2) is 13.6. The number of hydrogen-bond donors (Lipinski definition) is 1. The van der Waals surface area contributed by atoms with E-state index < -0.39 is 11.7 Å². The predicted octanol–water partition coefficient (Wildman–Crippen LogP) is 7.47. The zero-order valence-electron chi connectivity index (χ0n) is 24.1. The van der Waals surface area contributed by atoms with Crippen molar-refractivity contribution in [1.82, 2.24) is 15.2 Å². The molecule has 3 aromatic rings. The molecule has 1 amide bonds. The molecule has 2 heterocycles. The van der Waals surface area contributed by atoms with Gasteiger partial charge in [-0.25, -0.2) is 0 Å². The Balaban J connectivity index is 1.41. The van der Waals surface area contributed by atoms with Crippen LogP contribution in [0.5, 0.6) is 0 Å². The van der Waals surface area contributed by atoms with Crippen molar-refractivity contribution in [3.8, 4) is 0 Å². The van der Waals surface area contributed by atoms with E-state index in [1.807, 2.05) is 24.1 Å². The summed E-state index contributed by atoms with van der Waals surface area (Å²) in [6.45, 7) is 2.39. The maximum atomic E-state index is 14.0. The van der Waals surface area contributed by atoms with Crippen LogP contribution in [0.1, 0.15) is 55.2 Å². The highest BCUT2D eigenvalue weighted by molar-refractivity contribution is 5.92. The van der Waals surface area contributed by atoms with Crippen LogP contribution in [0.3, 0.4) is 0 Å². The lowest BCUT2D eigenvalue weighted by atomic mass is 9.80. The molecule has 1 saturated carbocycles. The SMILES string of the molecule is CN(c1ccncc1)c1ccc(CN(C(=O)C=Cc2ccc(C(F)(F)F)cc2)C(C2CCCC2)C2CCNCC2)cc1. The number of carbonyl (C=O) groups excluding carboxylic acids is 1. The second-order valence-electron chi connectivity index (χ2n) is 11.5. The summed E-state index contributed by atoms with van der Waals surface area (Å²) in [7, 11) is 2.01. The van der Waals surface area contributed by atoms with Crippen LogP contribution in [-0.4, -0.2) is 42.0 Å². The van der Waals surface area contributed by atoms with Crippen molar-refractivity contribution in [3.05, 3.63) is 95.8 Å². The fourth-order valence-corrected chi connectivity index (χ4v) is 6.49. The molecule has 0 spiro atoms. The van der Waals surface area contributed by atoms with Crippen molar-refractivity contribution in [3.63, 3.8) is 0 Å². The summed E-state index contributed by atoms with van der Waals surface area (Å²) in [5, 5.41) is 3.46. The van der Waals surface area contributed by atoms with Crippen LogP contribution in [0.4, 0.5) is 24.5 Å². The summed E-state index contributed by atoms with van der Waals surface area (Å²) < 4.78 is 39.1. The summed E-state index contributed by atoms with van der Waals surface area (Å²) in [5.41, 5.74) is 3.00. The van der Waals surface area contributed by atoms with Crippen LogP contribution >= 0.6 is 0 Å². The van der Waals surface area contributed by atoms with Crippen molar-refractivity contribution in [2.75, 3.05) is 25.0 Å². The second-order valence-corrected chi connectivity index (χ2v) is 11.5. The van der Waals surface area contributed by atoms with Gasteiger partial charge >= 0.3 is 6.18 Å². The molecular formula is C34H39F3N4O. The number of nitrogens with zero attached hydrogens (tertiary/aromatic N) is 3. The topological polar surface area (TPSA) is 48.5 Å². The van der Waals surface area contributed by atoms with Gasteiger partial charge < -0.3 is 15.1 Å². The first-order valence-electron chi connectivity index (χ1n) is 14.9. The number of rotatable bonds is 9. The van der Waals surface area contributed by atoms with Gasteiger partial charge in [0.05, 0.1) is 5.56 Å². The lowest BCUT2D eigenvalue weighted by Gasteiger charge is -2.42. The van der Waals surface area contributed by atoms with Gasteiger partial charge in [-0.1, -0.05) is 37.1 Å². The Morgan fingerprint density at radius 1 is 0.905 bits per heavy atom. The van der Waals surface area contributed by atoms with Gasteiger partial charge in [0.1, 0.15) is 0 Å². The molecule has 1 aliphatic carbocycles. The van der Waals surface area contributed by atoms with E-state index >= 15 is 0 Å². The number of aromatic nitrogens is 1. The molecule has 1 aliphatic heterocycles. The van der Waals surface area contributed by atoms with E-state index in [9.17, 15) is 18.0 Å². The molecule has 42 heavy (non-hydrogen) atoms. The number of nitrogens with one attached hydrogen (secondary N) is 1. The van der Waals surface area contributed by atoms with E-state index in [0.29, 0.717) is 23.9 Å². The molecule has 0 radical (unpaired) electrons.